The number of carbonyl (C=O) groups excluding carboxylic acids is 1. The van der Waals surface area contributed by atoms with Crippen LogP contribution in [0.1, 0.15) is 36.0 Å². The Bertz CT molecular complexity index is 990. The normalized spacial score (nSPS) is 13.7. The van der Waals surface area contributed by atoms with Crippen molar-refractivity contribution in [3.8, 4) is 11.5 Å². The third kappa shape index (κ3) is 3.86. The van der Waals surface area contributed by atoms with Crippen molar-refractivity contribution in [2.45, 2.75) is 31.2 Å². The van der Waals surface area contributed by atoms with E-state index in [1.165, 1.54) is 12.1 Å². The second kappa shape index (κ2) is 9.00. The van der Waals surface area contributed by atoms with Crippen LogP contribution in [0.2, 0.25) is 0 Å². The number of fused-ring (bicyclic) bond motifs is 2. The highest BCUT2D eigenvalue weighted by Gasteiger charge is 2.47. The van der Waals surface area contributed by atoms with Gasteiger partial charge in [0.25, 0.3) is 0 Å². The zero-order chi connectivity index (χ0) is 21.0. The lowest BCUT2D eigenvalue weighted by Crippen LogP contribution is -2.46. The summed E-state index contributed by atoms with van der Waals surface area (Å²) in [7, 11) is 0. The van der Waals surface area contributed by atoms with E-state index >= 15 is 0 Å². The average molecular weight is 468 g/mol. The molecule has 154 valence electrons. The maximum Gasteiger partial charge on any atom is 0.235 e. The first kappa shape index (κ1) is 20.6. The molecule has 0 fully saturated rings. The predicted molar refractivity (Wildman–Crippen MR) is 120 cm³/mol. The molecule has 5 heteroatoms. The minimum Gasteiger partial charge on any atom is -0.457 e. The van der Waals surface area contributed by atoms with Gasteiger partial charge in [-0.2, -0.15) is 0 Å². The molecule has 1 heterocycles. The van der Waals surface area contributed by atoms with Crippen LogP contribution in [0.25, 0.3) is 0 Å². The van der Waals surface area contributed by atoms with Crippen LogP contribution in [0.3, 0.4) is 0 Å². The van der Waals surface area contributed by atoms with E-state index in [1.807, 2.05) is 48.5 Å². The summed E-state index contributed by atoms with van der Waals surface area (Å²) < 4.78 is 19.4. The highest BCUT2D eigenvalue weighted by molar-refractivity contribution is 9.09. The summed E-state index contributed by atoms with van der Waals surface area (Å²) in [4.78, 5) is 13.8. The van der Waals surface area contributed by atoms with Gasteiger partial charge < -0.3 is 10.1 Å². The molecular formula is C25H23BrFNO2. The van der Waals surface area contributed by atoms with Gasteiger partial charge in [0.2, 0.25) is 5.91 Å². The number of amides is 1. The Morgan fingerprint density at radius 2 is 1.50 bits per heavy atom. The predicted octanol–water partition coefficient (Wildman–Crippen LogP) is 6.10. The molecule has 1 aliphatic heterocycles. The molecule has 30 heavy (non-hydrogen) atoms. The first-order chi connectivity index (χ1) is 14.6. The smallest absolute Gasteiger partial charge is 0.235 e. The number of hydrogen-bond donors (Lipinski definition) is 1. The standard InChI is InChI=1S/C25H23BrFNO2/c26-16-6-5-15-25(24(29)28-17-18-11-13-19(27)14-12-18)20-7-1-3-9-22(20)30-23-10-4-2-8-21(23)25/h1-4,7-14H,5-6,15-17H2,(H,28,29). The SMILES string of the molecule is O=C(NCc1ccc(F)cc1)C1(CCCCBr)c2ccccc2Oc2ccccc21. The second-order valence-electron chi connectivity index (χ2n) is 7.45. The van der Waals surface area contributed by atoms with Gasteiger partial charge >= 0.3 is 0 Å². The van der Waals surface area contributed by atoms with E-state index in [0.29, 0.717) is 24.5 Å². The molecule has 4 rings (SSSR count). The number of benzene rings is 3. The molecule has 3 nitrogen and oxygen atoms in total. The zero-order valence-corrected chi connectivity index (χ0v) is 18.1. The number of ether oxygens (including phenoxy) is 1. The Balaban J connectivity index is 1.75. The summed E-state index contributed by atoms with van der Waals surface area (Å²) in [5, 5.41) is 4.00. The van der Waals surface area contributed by atoms with Crippen LogP contribution >= 0.6 is 15.9 Å². The Morgan fingerprint density at radius 3 is 2.10 bits per heavy atom. The first-order valence-corrected chi connectivity index (χ1v) is 11.2. The van der Waals surface area contributed by atoms with Crippen LogP contribution in [0.15, 0.2) is 72.8 Å². The minimum absolute atomic E-state index is 0.0652. The van der Waals surface area contributed by atoms with Crippen LogP contribution in [0, 0.1) is 5.82 Å². The first-order valence-electron chi connectivity index (χ1n) is 10.1. The molecule has 0 radical (unpaired) electrons. The van der Waals surface area contributed by atoms with E-state index < -0.39 is 5.41 Å². The lowest BCUT2D eigenvalue weighted by molar-refractivity contribution is -0.126. The lowest BCUT2D eigenvalue weighted by Gasteiger charge is -2.39. The molecular weight excluding hydrogens is 445 g/mol. The number of nitrogens with one attached hydrogen (secondary N) is 1. The zero-order valence-electron chi connectivity index (χ0n) is 16.5. The summed E-state index contributed by atoms with van der Waals surface area (Å²) in [6.45, 7) is 0.338. The highest BCUT2D eigenvalue weighted by atomic mass is 79.9. The third-order valence-corrected chi connectivity index (χ3v) is 6.16. The van der Waals surface area contributed by atoms with Gasteiger partial charge in [0, 0.05) is 23.0 Å². The quantitative estimate of drug-likeness (QED) is 0.336. The Kier molecular flexibility index (Phi) is 6.18. The lowest BCUT2D eigenvalue weighted by atomic mass is 9.68. The summed E-state index contributed by atoms with van der Waals surface area (Å²) in [6.07, 6.45) is 2.53. The van der Waals surface area contributed by atoms with E-state index in [4.69, 9.17) is 4.74 Å². The fourth-order valence-electron chi connectivity index (χ4n) is 4.13. The molecule has 0 atom stereocenters. The number of carbonyl (C=O) groups is 1. The summed E-state index contributed by atoms with van der Waals surface area (Å²) in [5.41, 5.74) is 1.78. The van der Waals surface area contributed by atoms with Crippen LogP contribution in [-0.2, 0) is 16.8 Å². The van der Waals surface area contributed by atoms with Crippen LogP contribution in [0.4, 0.5) is 4.39 Å². The van der Waals surface area contributed by atoms with Crippen molar-refractivity contribution in [2.24, 2.45) is 0 Å². The van der Waals surface area contributed by atoms with Gasteiger partial charge in [0.05, 0.1) is 0 Å². The molecule has 0 aliphatic carbocycles. The number of unbranched alkanes of at least 4 members (excludes halogenated alkanes) is 1. The van der Waals surface area contributed by atoms with Gasteiger partial charge in [0.15, 0.2) is 0 Å². The molecule has 1 amide bonds. The minimum atomic E-state index is -0.840. The van der Waals surface area contributed by atoms with E-state index in [1.54, 1.807) is 12.1 Å². The van der Waals surface area contributed by atoms with Crippen LogP contribution in [0.5, 0.6) is 11.5 Å². The Labute approximate surface area is 184 Å². The molecule has 0 saturated carbocycles. The highest BCUT2D eigenvalue weighted by Crippen LogP contribution is 2.50. The number of rotatable bonds is 7. The second-order valence-corrected chi connectivity index (χ2v) is 8.25. The maximum absolute atomic E-state index is 13.8. The van der Waals surface area contributed by atoms with Gasteiger partial charge in [0.1, 0.15) is 22.7 Å². The molecule has 0 bridgehead atoms. The van der Waals surface area contributed by atoms with Gasteiger partial charge in [-0.25, -0.2) is 4.39 Å². The van der Waals surface area contributed by atoms with Gasteiger partial charge in [-0.3, -0.25) is 4.79 Å². The van der Waals surface area contributed by atoms with E-state index in [0.717, 1.165) is 34.9 Å². The van der Waals surface area contributed by atoms with Gasteiger partial charge in [-0.15, -0.1) is 0 Å². The molecule has 3 aromatic carbocycles. The third-order valence-electron chi connectivity index (χ3n) is 5.60. The van der Waals surface area contributed by atoms with Gasteiger partial charge in [-0.1, -0.05) is 70.9 Å². The maximum atomic E-state index is 13.8. The molecule has 0 saturated heterocycles. The monoisotopic (exact) mass is 467 g/mol. The molecule has 0 aromatic heterocycles. The fourth-order valence-corrected chi connectivity index (χ4v) is 4.52. The topological polar surface area (TPSA) is 38.3 Å². The van der Waals surface area contributed by atoms with Crippen molar-refractivity contribution in [2.75, 3.05) is 5.33 Å². The summed E-state index contributed by atoms with van der Waals surface area (Å²) in [5.74, 6) is 1.08. The molecule has 3 aromatic rings. The Hall–Kier alpha value is -2.66. The summed E-state index contributed by atoms with van der Waals surface area (Å²) >= 11 is 3.50. The number of para-hydroxylation sites is 2. The molecule has 1 aliphatic rings. The van der Waals surface area contributed by atoms with Crippen molar-refractivity contribution in [1.29, 1.82) is 0 Å². The van der Waals surface area contributed by atoms with E-state index in [2.05, 4.69) is 21.2 Å². The number of alkyl halides is 1. The van der Waals surface area contributed by atoms with Crippen molar-refractivity contribution in [3.05, 3.63) is 95.3 Å². The fraction of sp³-hybridized carbons (Fsp3) is 0.240. The molecule has 0 unspecified atom stereocenters. The van der Waals surface area contributed by atoms with Crippen LogP contribution < -0.4 is 10.1 Å². The van der Waals surface area contributed by atoms with Crippen molar-refractivity contribution >= 4 is 21.8 Å². The number of halogens is 2. The molecule has 0 spiro atoms. The van der Waals surface area contributed by atoms with Gasteiger partial charge in [-0.05, 0) is 42.7 Å². The van der Waals surface area contributed by atoms with Crippen molar-refractivity contribution in [3.63, 3.8) is 0 Å². The summed E-state index contributed by atoms with van der Waals surface area (Å²) in [6, 6.07) is 21.7. The Morgan fingerprint density at radius 1 is 0.900 bits per heavy atom. The number of hydrogen-bond acceptors (Lipinski definition) is 2. The average Bonchev–Trinajstić information content (AvgIpc) is 2.78. The van der Waals surface area contributed by atoms with Crippen LogP contribution in [-0.4, -0.2) is 11.2 Å². The van der Waals surface area contributed by atoms with Crippen molar-refractivity contribution in [1.82, 2.24) is 5.32 Å². The van der Waals surface area contributed by atoms with E-state index in [-0.39, 0.29) is 11.7 Å². The van der Waals surface area contributed by atoms with Crippen molar-refractivity contribution < 1.29 is 13.9 Å². The van der Waals surface area contributed by atoms with E-state index in [9.17, 15) is 9.18 Å². The molecule has 1 N–H and O–H groups in total. The largest absolute Gasteiger partial charge is 0.457 e.